The number of amides is 1. The summed E-state index contributed by atoms with van der Waals surface area (Å²) in [5.74, 6) is -0.359. The number of alkyl carbamates (subject to hydrolysis) is 1. The molecule has 1 amide bonds. The molecule has 0 aliphatic rings. The summed E-state index contributed by atoms with van der Waals surface area (Å²) >= 11 is 0. The van der Waals surface area contributed by atoms with Crippen molar-refractivity contribution in [2.24, 2.45) is 0 Å². The molecule has 0 aromatic heterocycles. The van der Waals surface area contributed by atoms with Gasteiger partial charge in [-0.05, 0) is 24.1 Å². The van der Waals surface area contributed by atoms with Gasteiger partial charge in [0, 0.05) is 13.2 Å². The van der Waals surface area contributed by atoms with Crippen molar-refractivity contribution in [1.82, 2.24) is 5.32 Å². The second-order valence-electron chi connectivity index (χ2n) is 3.21. The molecule has 0 unspecified atom stereocenters. The minimum absolute atomic E-state index is 0.0180. The van der Waals surface area contributed by atoms with Crippen LogP contribution in [0.1, 0.15) is 12.0 Å². The first-order valence-electron chi connectivity index (χ1n) is 4.98. The molecule has 0 bridgehead atoms. The molecule has 0 spiro atoms. The number of halogens is 1. The zero-order valence-corrected chi connectivity index (χ0v) is 8.78. The first kappa shape index (κ1) is 12.4. The number of carbonyl (C=O) groups excluding carboxylic acids is 1. The monoisotopic (exact) mass is 227 g/mol. The quantitative estimate of drug-likeness (QED) is 0.748. The van der Waals surface area contributed by atoms with Crippen LogP contribution < -0.4 is 5.32 Å². The van der Waals surface area contributed by atoms with Crippen LogP contribution in [0.25, 0.3) is 0 Å². The van der Waals surface area contributed by atoms with Crippen molar-refractivity contribution >= 4 is 6.09 Å². The van der Waals surface area contributed by atoms with Gasteiger partial charge in [-0.1, -0.05) is 12.1 Å². The minimum Gasteiger partial charge on any atom is -0.445 e. The van der Waals surface area contributed by atoms with Gasteiger partial charge in [-0.25, -0.2) is 9.18 Å². The van der Waals surface area contributed by atoms with Crippen molar-refractivity contribution in [3.63, 3.8) is 0 Å². The molecule has 5 heteroatoms. The summed E-state index contributed by atoms with van der Waals surface area (Å²) in [6.07, 6.45) is -0.0903. The molecule has 0 aliphatic carbocycles. The van der Waals surface area contributed by atoms with E-state index in [4.69, 9.17) is 9.84 Å². The zero-order valence-electron chi connectivity index (χ0n) is 8.78. The molecule has 0 saturated heterocycles. The average molecular weight is 227 g/mol. The molecule has 1 aromatic carbocycles. The summed E-state index contributed by atoms with van der Waals surface area (Å²) < 4.78 is 17.6. The van der Waals surface area contributed by atoms with Crippen LogP contribution >= 0.6 is 0 Å². The van der Waals surface area contributed by atoms with Crippen LogP contribution in [-0.4, -0.2) is 24.4 Å². The Morgan fingerprint density at radius 1 is 1.50 bits per heavy atom. The van der Waals surface area contributed by atoms with Gasteiger partial charge in [0.2, 0.25) is 0 Å². The van der Waals surface area contributed by atoms with E-state index in [-0.39, 0.29) is 19.0 Å². The van der Waals surface area contributed by atoms with Crippen molar-refractivity contribution in [2.45, 2.75) is 13.0 Å². The van der Waals surface area contributed by atoms with E-state index in [9.17, 15) is 9.18 Å². The van der Waals surface area contributed by atoms with Gasteiger partial charge in [-0.2, -0.15) is 0 Å². The van der Waals surface area contributed by atoms with Crippen molar-refractivity contribution in [3.05, 3.63) is 35.6 Å². The Bertz CT molecular complexity index is 344. The van der Waals surface area contributed by atoms with Gasteiger partial charge in [-0.3, -0.25) is 0 Å². The lowest BCUT2D eigenvalue weighted by Crippen LogP contribution is -2.25. The molecule has 0 aliphatic heterocycles. The van der Waals surface area contributed by atoms with Crippen LogP contribution in [0.15, 0.2) is 24.3 Å². The van der Waals surface area contributed by atoms with Crippen molar-refractivity contribution in [2.75, 3.05) is 13.2 Å². The molecule has 1 rings (SSSR count). The van der Waals surface area contributed by atoms with E-state index in [1.54, 1.807) is 12.1 Å². The van der Waals surface area contributed by atoms with Crippen molar-refractivity contribution < 1.29 is 19.0 Å². The van der Waals surface area contributed by atoms with Gasteiger partial charge in [0.15, 0.2) is 0 Å². The van der Waals surface area contributed by atoms with Gasteiger partial charge in [0.1, 0.15) is 12.4 Å². The Balaban J connectivity index is 2.26. The third-order valence-corrected chi connectivity index (χ3v) is 1.86. The Labute approximate surface area is 93.0 Å². The third kappa shape index (κ3) is 4.75. The number of nitrogens with one attached hydrogen (secondary N) is 1. The summed E-state index contributed by atoms with van der Waals surface area (Å²) in [4.78, 5) is 11.1. The molecule has 0 saturated carbocycles. The number of benzene rings is 1. The summed E-state index contributed by atoms with van der Waals surface area (Å²) in [5.41, 5.74) is 0.595. The second kappa shape index (κ2) is 6.79. The molecule has 4 nitrogen and oxygen atoms in total. The Kier molecular flexibility index (Phi) is 5.28. The summed E-state index contributed by atoms with van der Waals surface area (Å²) in [6, 6.07) is 5.85. The van der Waals surface area contributed by atoms with Crippen LogP contribution in [0.4, 0.5) is 9.18 Å². The lowest BCUT2D eigenvalue weighted by atomic mass is 10.2. The summed E-state index contributed by atoms with van der Waals surface area (Å²) in [6.45, 7) is 0.408. The fourth-order valence-electron chi connectivity index (χ4n) is 1.10. The number of aliphatic hydroxyl groups excluding tert-OH is 1. The fraction of sp³-hybridized carbons (Fsp3) is 0.364. The molecular formula is C11H14FNO3. The molecule has 0 heterocycles. The lowest BCUT2D eigenvalue weighted by molar-refractivity contribution is 0.138. The zero-order chi connectivity index (χ0) is 11.8. The van der Waals surface area contributed by atoms with Gasteiger partial charge in [0.05, 0.1) is 0 Å². The number of ether oxygens (including phenoxy) is 1. The predicted octanol–water partition coefficient (Wildman–Crippen LogP) is 1.43. The SMILES string of the molecule is O=C(NCCCO)OCc1cccc(F)c1. The largest absolute Gasteiger partial charge is 0.445 e. The molecule has 2 N–H and O–H groups in total. The Morgan fingerprint density at radius 2 is 2.31 bits per heavy atom. The third-order valence-electron chi connectivity index (χ3n) is 1.86. The number of hydrogen-bond donors (Lipinski definition) is 2. The van der Waals surface area contributed by atoms with Gasteiger partial charge in [0.25, 0.3) is 0 Å². The van der Waals surface area contributed by atoms with Crippen LogP contribution in [0.2, 0.25) is 0 Å². The highest BCUT2D eigenvalue weighted by atomic mass is 19.1. The number of rotatable bonds is 5. The summed E-state index contributed by atoms with van der Waals surface area (Å²) in [7, 11) is 0. The fourth-order valence-corrected chi connectivity index (χ4v) is 1.10. The van der Waals surface area contributed by atoms with Crippen LogP contribution in [0.3, 0.4) is 0 Å². The highest BCUT2D eigenvalue weighted by Gasteiger charge is 2.02. The molecule has 0 fully saturated rings. The van der Waals surface area contributed by atoms with Gasteiger partial charge in [-0.15, -0.1) is 0 Å². The van der Waals surface area contributed by atoms with Crippen LogP contribution in [-0.2, 0) is 11.3 Å². The smallest absolute Gasteiger partial charge is 0.407 e. The molecule has 88 valence electrons. The lowest BCUT2D eigenvalue weighted by Gasteiger charge is -2.06. The van der Waals surface area contributed by atoms with E-state index < -0.39 is 6.09 Å². The average Bonchev–Trinajstić information content (AvgIpc) is 2.27. The maximum absolute atomic E-state index is 12.8. The first-order valence-corrected chi connectivity index (χ1v) is 4.98. The first-order chi connectivity index (χ1) is 7.72. The highest BCUT2D eigenvalue weighted by Crippen LogP contribution is 2.04. The minimum atomic E-state index is -0.572. The topological polar surface area (TPSA) is 58.6 Å². The van der Waals surface area contributed by atoms with E-state index in [2.05, 4.69) is 5.32 Å². The van der Waals surface area contributed by atoms with E-state index in [0.29, 0.717) is 18.5 Å². The normalized spacial score (nSPS) is 9.88. The molecule has 0 radical (unpaired) electrons. The van der Waals surface area contributed by atoms with Crippen LogP contribution in [0, 0.1) is 5.82 Å². The second-order valence-corrected chi connectivity index (χ2v) is 3.21. The highest BCUT2D eigenvalue weighted by molar-refractivity contribution is 5.67. The molecule has 0 atom stereocenters. The van der Waals surface area contributed by atoms with Crippen molar-refractivity contribution in [1.29, 1.82) is 0 Å². The Morgan fingerprint density at radius 3 is 3.00 bits per heavy atom. The predicted molar refractivity (Wildman–Crippen MR) is 56.3 cm³/mol. The van der Waals surface area contributed by atoms with Gasteiger partial charge < -0.3 is 15.2 Å². The van der Waals surface area contributed by atoms with E-state index in [1.807, 2.05) is 0 Å². The van der Waals surface area contributed by atoms with E-state index in [0.717, 1.165) is 0 Å². The van der Waals surface area contributed by atoms with Crippen molar-refractivity contribution in [3.8, 4) is 0 Å². The summed E-state index contributed by atoms with van der Waals surface area (Å²) in [5, 5.41) is 10.9. The molecule has 1 aromatic rings. The maximum Gasteiger partial charge on any atom is 0.407 e. The van der Waals surface area contributed by atoms with E-state index >= 15 is 0 Å². The number of hydrogen-bond acceptors (Lipinski definition) is 3. The molecular weight excluding hydrogens is 213 g/mol. The number of aliphatic hydroxyl groups is 1. The van der Waals surface area contributed by atoms with Crippen LogP contribution in [0.5, 0.6) is 0 Å². The Hall–Kier alpha value is -1.62. The van der Waals surface area contributed by atoms with Gasteiger partial charge >= 0.3 is 6.09 Å². The standard InChI is InChI=1S/C11H14FNO3/c12-10-4-1-3-9(7-10)8-16-11(15)13-5-2-6-14/h1,3-4,7,14H,2,5-6,8H2,(H,13,15). The maximum atomic E-state index is 12.8. The molecule has 16 heavy (non-hydrogen) atoms. The number of carbonyl (C=O) groups is 1. The van der Waals surface area contributed by atoms with E-state index in [1.165, 1.54) is 12.1 Å².